The van der Waals surface area contributed by atoms with E-state index in [0.717, 1.165) is 55.1 Å². The van der Waals surface area contributed by atoms with E-state index in [4.69, 9.17) is 15.6 Å². The first kappa shape index (κ1) is 21.9. The van der Waals surface area contributed by atoms with Crippen molar-refractivity contribution in [1.82, 2.24) is 24.9 Å². The molecule has 0 amide bonds. The molecule has 8 nitrogen and oxygen atoms in total. The lowest BCUT2D eigenvalue weighted by molar-refractivity contribution is 0.188. The molecule has 1 unspecified atom stereocenters. The number of nitrogens with zero attached hydrogens (tertiary/aromatic N) is 4. The number of piperidine rings is 1. The van der Waals surface area contributed by atoms with E-state index in [1.807, 2.05) is 66.2 Å². The molecular weight excluding hydrogens is 428 g/mol. The van der Waals surface area contributed by atoms with Gasteiger partial charge in [0.1, 0.15) is 22.7 Å². The van der Waals surface area contributed by atoms with E-state index in [0.29, 0.717) is 16.6 Å². The largest absolute Gasteiger partial charge is 0.457 e. The number of hydrogen-bond donors (Lipinski definition) is 2. The SMILES string of the molecule is C=CCN1CCCC(n2nc(-c3ccc(Oc4ccccc4C)cc3)c3c(N)n[nH]c(=O)c32)C1. The van der Waals surface area contributed by atoms with Gasteiger partial charge in [-0.1, -0.05) is 24.3 Å². The number of benzene rings is 2. The van der Waals surface area contributed by atoms with Gasteiger partial charge in [-0.3, -0.25) is 14.4 Å². The third-order valence-electron chi connectivity index (χ3n) is 6.32. The molecular formula is C26H28N6O2. The van der Waals surface area contributed by atoms with Crippen LogP contribution in [0.25, 0.3) is 22.2 Å². The highest BCUT2D eigenvalue weighted by atomic mass is 16.5. The highest BCUT2D eigenvalue weighted by Gasteiger charge is 2.27. The number of nitrogens with two attached hydrogens (primary N) is 1. The molecule has 5 rings (SSSR count). The zero-order chi connectivity index (χ0) is 23.7. The van der Waals surface area contributed by atoms with Crippen molar-refractivity contribution in [2.45, 2.75) is 25.8 Å². The molecule has 1 aliphatic heterocycles. The molecule has 2 aromatic heterocycles. The number of nitrogens with one attached hydrogen (secondary N) is 1. The number of fused-ring (bicyclic) bond motifs is 1. The minimum Gasteiger partial charge on any atom is -0.457 e. The molecule has 0 bridgehead atoms. The van der Waals surface area contributed by atoms with Crippen molar-refractivity contribution in [1.29, 1.82) is 0 Å². The number of hydrogen-bond acceptors (Lipinski definition) is 6. The van der Waals surface area contributed by atoms with Gasteiger partial charge in [0.05, 0.1) is 11.4 Å². The topological polar surface area (TPSA) is 102 Å². The summed E-state index contributed by atoms with van der Waals surface area (Å²) in [5, 5.41) is 12.0. The number of aromatic nitrogens is 4. The number of aromatic amines is 1. The lowest BCUT2D eigenvalue weighted by Gasteiger charge is -2.32. The third-order valence-corrected chi connectivity index (χ3v) is 6.32. The molecule has 0 saturated carbocycles. The van der Waals surface area contributed by atoms with Crippen LogP contribution in [0.5, 0.6) is 11.5 Å². The van der Waals surface area contributed by atoms with E-state index in [1.54, 1.807) is 0 Å². The zero-order valence-electron chi connectivity index (χ0n) is 19.2. The van der Waals surface area contributed by atoms with E-state index in [1.165, 1.54) is 0 Å². The molecule has 1 fully saturated rings. The van der Waals surface area contributed by atoms with Crippen molar-refractivity contribution in [3.05, 3.63) is 77.1 Å². The van der Waals surface area contributed by atoms with Crippen LogP contribution in [0.2, 0.25) is 0 Å². The zero-order valence-corrected chi connectivity index (χ0v) is 19.2. The van der Waals surface area contributed by atoms with Gasteiger partial charge in [-0.25, -0.2) is 5.10 Å². The highest BCUT2D eigenvalue weighted by Crippen LogP contribution is 2.34. The Balaban J connectivity index is 1.54. The smallest absolute Gasteiger partial charge is 0.290 e. The second kappa shape index (κ2) is 9.15. The summed E-state index contributed by atoms with van der Waals surface area (Å²) in [6, 6.07) is 15.6. The van der Waals surface area contributed by atoms with Crippen LogP contribution in [0.3, 0.4) is 0 Å². The number of anilines is 1. The van der Waals surface area contributed by atoms with E-state index >= 15 is 0 Å². The van der Waals surface area contributed by atoms with Crippen LogP contribution in [0.4, 0.5) is 5.82 Å². The Morgan fingerprint density at radius 3 is 2.79 bits per heavy atom. The molecule has 1 atom stereocenters. The minimum absolute atomic E-state index is 0.0662. The monoisotopic (exact) mass is 456 g/mol. The van der Waals surface area contributed by atoms with Crippen LogP contribution in [-0.2, 0) is 0 Å². The quantitative estimate of drug-likeness (QED) is 0.420. The Kier molecular flexibility index (Phi) is 5.90. The Morgan fingerprint density at radius 2 is 2.03 bits per heavy atom. The van der Waals surface area contributed by atoms with Gasteiger partial charge in [-0.15, -0.1) is 6.58 Å². The molecule has 0 spiro atoms. The van der Waals surface area contributed by atoms with Gasteiger partial charge in [0.2, 0.25) is 0 Å². The van der Waals surface area contributed by atoms with Crippen LogP contribution < -0.4 is 16.0 Å². The first-order valence-corrected chi connectivity index (χ1v) is 11.5. The van der Waals surface area contributed by atoms with Gasteiger partial charge in [0.25, 0.3) is 5.56 Å². The summed E-state index contributed by atoms with van der Waals surface area (Å²) >= 11 is 0. The number of H-pyrrole nitrogens is 1. The van der Waals surface area contributed by atoms with Gasteiger partial charge in [0.15, 0.2) is 5.82 Å². The van der Waals surface area contributed by atoms with E-state index in [2.05, 4.69) is 21.7 Å². The molecule has 1 aliphatic rings. The van der Waals surface area contributed by atoms with Crippen molar-refractivity contribution < 1.29 is 4.74 Å². The third kappa shape index (κ3) is 4.08. The van der Waals surface area contributed by atoms with Crippen LogP contribution in [-0.4, -0.2) is 44.5 Å². The van der Waals surface area contributed by atoms with Crippen LogP contribution in [0.1, 0.15) is 24.4 Å². The molecule has 3 heterocycles. The Bertz CT molecular complexity index is 1390. The average molecular weight is 457 g/mol. The standard InChI is InChI=1S/C26H28N6O2/c1-3-14-31-15-6-8-19(16-31)32-24-22(25(27)28-29-26(24)33)23(30-32)18-10-12-20(13-11-18)34-21-9-5-4-7-17(21)2/h3-5,7,9-13,19H,1,6,8,14-16H2,2H3,(H2,27,28)(H,29,33). The van der Waals surface area contributed by atoms with Crippen molar-refractivity contribution in [3.8, 4) is 22.8 Å². The van der Waals surface area contributed by atoms with Gasteiger partial charge in [-0.05, 0) is 62.2 Å². The maximum atomic E-state index is 12.9. The second-order valence-corrected chi connectivity index (χ2v) is 8.69. The molecule has 1 saturated heterocycles. The molecule has 0 aliphatic carbocycles. The number of likely N-dealkylation sites (tertiary alicyclic amines) is 1. The highest BCUT2D eigenvalue weighted by molar-refractivity contribution is 5.99. The van der Waals surface area contributed by atoms with Crippen molar-refractivity contribution in [2.24, 2.45) is 0 Å². The van der Waals surface area contributed by atoms with Crippen LogP contribution in [0.15, 0.2) is 66.0 Å². The van der Waals surface area contributed by atoms with Gasteiger partial charge in [0, 0.05) is 18.7 Å². The predicted octanol–water partition coefficient (Wildman–Crippen LogP) is 4.29. The van der Waals surface area contributed by atoms with Crippen molar-refractivity contribution in [2.75, 3.05) is 25.4 Å². The summed E-state index contributed by atoms with van der Waals surface area (Å²) in [6.07, 6.45) is 3.87. The van der Waals surface area contributed by atoms with Gasteiger partial charge in [-0.2, -0.15) is 10.2 Å². The molecule has 0 radical (unpaired) electrons. The maximum absolute atomic E-state index is 12.9. The first-order chi connectivity index (χ1) is 16.5. The summed E-state index contributed by atoms with van der Waals surface area (Å²) < 4.78 is 7.88. The summed E-state index contributed by atoms with van der Waals surface area (Å²) in [5.74, 6) is 1.79. The van der Waals surface area contributed by atoms with Crippen LogP contribution >= 0.6 is 0 Å². The van der Waals surface area contributed by atoms with Crippen LogP contribution in [0, 0.1) is 6.92 Å². The molecule has 4 aromatic rings. The number of ether oxygens (including phenoxy) is 1. The van der Waals surface area contributed by atoms with Gasteiger partial charge < -0.3 is 10.5 Å². The Labute approximate surface area is 197 Å². The summed E-state index contributed by atoms with van der Waals surface area (Å²) in [6.45, 7) is 8.49. The fourth-order valence-corrected chi connectivity index (χ4v) is 4.64. The lowest BCUT2D eigenvalue weighted by Crippen LogP contribution is -2.37. The summed E-state index contributed by atoms with van der Waals surface area (Å²) in [7, 11) is 0. The lowest BCUT2D eigenvalue weighted by atomic mass is 10.1. The van der Waals surface area contributed by atoms with Crippen molar-refractivity contribution in [3.63, 3.8) is 0 Å². The second-order valence-electron chi connectivity index (χ2n) is 8.69. The minimum atomic E-state index is -0.289. The van der Waals surface area contributed by atoms with E-state index in [9.17, 15) is 4.79 Å². The number of rotatable bonds is 6. The fourth-order valence-electron chi connectivity index (χ4n) is 4.64. The molecule has 3 N–H and O–H groups in total. The number of aryl methyl sites for hydroxylation is 1. The number of nitrogen functional groups attached to an aromatic ring is 1. The Hall–Kier alpha value is -3.91. The van der Waals surface area contributed by atoms with Gasteiger partial charge >= 0.3 is 0 Å². The van der Waals surface area contributed by atoms with Crippen molar-refractivity contribution >= 4 is 16.7 Å². The summed E-state index contributed by atoms with van der Waals surface area (Å²) in [5.41, 5.74) is 8.98. The van der Waals surface area contributed by atoms with E-state index < -0.39 is 0 Å². The Morgan fingerprint density at radius 1 is 1.24 bits per heavy atom. The van der Waals surface area contributed by atoms with E-state index in [-0.39, 0.29) is 17.4 Å². The molecule has 8 heteroatoms. The maximum Gasteiger partial charge on any atom is 0.290 e. The number of para-hydroxylation sites is 1. The first-order valence-electron chi connectivity index (χ1n) is 11.5. The summed E-state index contributed by atoms with van der Waals surface area (Å²) in [4.78, 5) is 15.2. The normalized spacial score (nSPS) is 16.6. The molecule has 2 aromatic carbocycles. The average Bonchev–Trinajstić information content (AvgIpc) is 3.26. The molecule has 174 valence electrons. The fraction of sp³-hybridized carbons (Fsp3) is 0.269. The predicted molar refractivity (Wildman–Crippen MR) is 134 cm³/mol. The molecule has 34 heavy (non-hydrogen) atoms.